The van der Waals surface area contributed by atoms with E-state index in [1.807, 2.05) is 0 Å². The molecule has 1 fully saturated rings. The van der Waals surface area contributed by atoms with Gasteiger partial charge in [-0.2, -0.15) is 0 Å². The van der Waals surface area contributed by atoms with Gasteiger partial charge >= 0.3 is 12.0 Å². The Morgan fingerprint density at radius 3 is 2.72 bits per heavy atom. The number of hydrogen-bond acceptors (Lipinski definition) is 2. The van der Waals surface area contributed by atoms with Crippen LogP contribution in [0, 0.1) is 5.92 Å². The van der Waals surface area contributed by atoms with Crippen molar-refractivity contribution in [3.63, 3.8) is 0 Å². The fourth-order valence-corrected chi connectivity index (χ4v) is 1.83. The van der Waals surface area contributed by atoms with Crippen molar-refractivity contribution < 1.29 is 14.7 Å². The molecule has 1 aliphatic rings. The van der Waals surface area contributed by atoms with Gasteiger partial charge in [-0.3, -0.25) is 0 Å². The third kappa shape index (κ3) is 3.13. The summed E-state index contributed by atoms with van der Waals surface area (Å²) in [7, 11) is 0. The largest absolute Gasteiger partial charge is 0.478 e. The van der Waals surface area contributed by atoms with E-state index in [1.54, 1.807) is 6.07 Å². The number of hydrogen-bond donors (Lipinski definition) is 3. The molecule has 2 rings (SSSR count). The maximum Gasteiger partial charge on any atom is 0.339 e. The number of anilines is 1. The highest BCUT2D eigenvalue weighted by atomic mass is 35.5. The molecule has 0 spiro atoms. The summed E-state index contributed by atoms with van der Waals surface area (Å²) in [4.78, 5) is 22.6. The third-order valence-electron chi connectivity index (χ3n) is 2.72. The van der Waals surface area contributed by atoms with Crippen molar-refractivity contribution in [3.8, 4) is 0 Å². The van der Waals surface area contributed by atoms with Gasteiger partial charge in [0.2, 0.25) is 0 Å². The Morgan fingerprint density at radius 1 is 1.39 bits per heavy atom. The molecule has 96 valence electrons. The molecular formula is C12H13ClN2O3. The quantitative estimate of drug-likeness (QED) is 0.785. The summed E-state index contributed by atoms with van der Waals surface area (Å²) in [6.07, 6.45) is 2.27. The van der Waals surface area contributed by atoms with Crippen LogP contribution < -0.4 is 10.6 Å². The average molecular weight is 269 g/mol. The highest BCUT2D eigenvalue weighted by Crippen LogP contribution is 2.28. The molecule has 0 heterocycles. The Hall–Kier alpha value is -1.75. The van der Waals surface area contributed by atoms with Crippen molar-refractivity contribution in [3.05, 3.63) is 28.8 Å². The van der Waals surface area contributed by atoms with Crippen LogP contribution in [0.15, 0.2) is 18.2 Å². The van der Waals surface area contributed by atoms with E-state index in [2.05, 4.69) is 10.6 Å². The van der Waals surface area contributed by atoms with Gasteiger partial charge in [-0.15, -0.1) is 0 Å². The van der Waals surface area contributed by atoms with Gasteiger partial charge in [0, 0.05) is 6.54 Å². The molecule has 1 saturated carbocycles. The number of carbonyl (C=O) groups is 2. The van der Waals surface area contributed by atoms with E-state index in [0.29, 0.717) is 12.5 Å². The normalized spacial score (nSPS) is 14.1. The van der Waals surface area contributed by atoms with Crippen LogP contribution in [0.5, 0.6) is 0 Å². The molecule has 0 aliphatic heterocycles. The van der Waals surface area contributed by atoms with Crippen LogP contribution in [-0.2, 0) is 0 Å². The Kier molecular flexibility index (Phi) is 3.72. The monoisotopic (exact) mass is 268 g/mol. The van der Waals surface area contributed by atoms with E-state index in [-0.39, 0.29) is 16.3 Å². The number of aromatic carboxylic acids is 1. The van der Waals surface area contributed by atoms with E-state index in [9.17, 15) is 9.59 Å². The number of carboxylic acid groups (broad SMARTS) is 1. The summed E-state index contributed by atoms with van der Waals surface area (Å²) < 4.78 is 0. The van der Waals surface area contributed by atoms with Gasteiger partial charge in [0.1, 0.15) is 5.56 Å². The van der Waals surface area contributed by atoms with E-state index < -0.39 is 12.0 Å². The number of halogens is 1. The summed E-state index contributed by atoms with van der Waals surface area (Å²) >= 11 is 5.79. The molecule has 1 aliphatic carbocycles. The maximum absolute atomic E-state index is 11.6. The lowest BCUT2D eigenvalue weighted by Crippen LogP contribution is -2.31. The third-order valence-corrected chi connectivity index (χ3v) is 3.04. The van der Waals surface area contributed by atoms with E-state index >= 15 is 0 Å². The highest BCUT2D eigenvalue weighted by molar-refractivity contribution is 6.34. The van der Waals surface area contributed by atoms with Gasteiger partial charge < -0.3 is 15.7 Å². The SMILES string of the molecule is O=C(NCC1CC1)Nc1cccc(Cl)c1C(=O)O. The minimum absolute atomic E-state index is 0.0965. The number of urea groups is 1. The summed E-state index contributed by atoms with van der Waals surface area (Å²) in [5, 5.41) is 14.3. The van der Waals surface area contributed by atoms with Crippen LogP contribution in [0.25, 0.3) is 0 Å². The summed E-state index contributed by atoms with van der Waals surface area (Å²) in [5.74, 6) is -0.604. The van der Waals surface area contributed by atoms with Gasteiger partial charge in [0.25, 0.3) is 0 Å². The molecule has 0 aromatic heterocycles. The first-order valence-electron chi connectivity index (χ1n) is 5.64. The lowest BCUT2D eigenvalue weighted by atomic mass is 10.2. The first kappa shape index (κ1) is 12.7. The number of nitrogens with one attached hydrogen (secondary N) is 2. The van der Waals surface area contributed by atoms with Gasteiger partial charge in [-0.05, 0) is 30.9 Å². The highest BCUT2D eigenvalue weighted by Gasteiger charge is 2.22. The molecule has 0 atom stereocenters. The second-order valence-corrected chi connectivity index (χ2v) is 4.65. The number of amides is 2. The summed E-state index contributed by atoms with van der Waals surface area (Å²) in [6.45, 7) is 0.620. The van der Waals surface area contributed by atoms with Crippen LogP contribution in [0.1, 0.15) is 23.2 Å². The number of carbonyl (C=O) groups excluding carboxylic acids is 1. The minimum atomic E-state index is -1.17. The van der Waals surface area contributed by atoms with Crippen LogP contribution in [0.4, 0.5) is 10.5 Å². The van der Waals surface area contributed by atoms with Crippen molar-refractivity contribution in [1.29, 1.82) is 0 Å². The van der Waals surface area contributed by atoms with Crippen molar-refractivity contribution in [2.75, 3.05) is 11.9 Å². The lowest BCUT2D eigenvalue weighted by Gasteiger charge is -2.10. The van der Waals surface area contributed by atoms with E-state index in [0.717, 1.165) is 12.8 Å². The van der Waals surface area contributed by atoms with Crippen molar-refractivity contribution in [2.24, 2.45) is 5.92 Å². The van der Waals surface area contributed by atoms with Crippen molar-refractivity contribution in [1.82, 2.24) is 5.32 Å². The number of benzene rings is 1. The number of rotatable bonds is 4. The molecule has 6 heteroatoms. The first-order valence-corrected chi connectivity index (χ1v) is 6.02. The minimum Gasteiger partial charge on any atom is -0.478 e. The molecule has 18 heavy (non-hydrogen) atoms. The number of carboxylic acids is 1. The summed E-state index contributed by atoms with van der Waals surface area (Å²) in [5.41, 5.74) is 0.101. The predicted molar refractivity (Wildman–Crippen MR) is 68.2 cm³/mol. The van der Waals surface area contributed by atoms with Crippen LogP contribution in [-0.4, -0.2) is 23.7 Å². The van der Waals surface area contributed by atoms with Gasteiger partial charge in [0.05, 0.1) is 10.7 Å². The van der Waals surface area contributed by atoms with Crippen LogP contribution >= 0.6 is 11.6 Å². The predicted octanol–water partition coefficient (Wildman–Crippen LogP) is 2.57. The molecule has 5 nitrogen and oxygen atoms in total. The molecule has 0 radical (unpaired) electrons. The van der Waals surface area contributed by atoms with Crippen molar-refractivity contribution >= 4 is 29.3 Å². The van der Waals surface area contributed by atoms with Crippen molar-refractivity contribution in [2.45, 2.75) is 12.8 Å². The Labute approximate surface area is 109 Å². The molecular weight excluding hydrogens is 256 g/mol. The zero-order chi connectivity index (χ0) is 13.1. The van der Waals surface area contributed by atoms with Gasteiger partial charge in [0.15, 0.2) is 0 Å². The zero-order valence-electron chi connectivity index (χ0n) is 9.57. The van der Waals surface area contributed by atoms with Crippen LogP contribution in [0.2, 0.25) is 5.02 Å². The average Bonchev–Trinajstić information content (AvgIpc) is 3.09. The Bertz CT molecular complexity index is 486. The Morgan fingerprint density at radius 2 is 2.11 bits per heavy atom. The smallest absolute Gasteiger partial charge is 0.339 e. The zero-order valence-corrected chi connectivity index (χ0v) is 10.3. The van der Waals surface area contributed by atoms with Gasteiger partial charge in [-0.25, -0.2) is 9.59 Å². The lowest BCUT2D eigenvalue weighted by molar-refractivity contribution is 0.0698. The Balaban J connectivity index is 2.05. The molecule has 0 saturated heterocycles. The molecule has 3 N–H and O–H groups in total. The maximum atomic E-state index is 11.6. The summed E-state index contributed by atoms with van der Waals surface area (Å²) in [6, 6.07) is 4.15. The second kappa shape index (κ2) is 5.27. The molecule has 0 bridgehead atoms. The molecule has 2 amide bonds. The molecule has 1 aromatic carbocycles. The topological polar surface area (TPSA) is 78.4 Å². The van der Waals surface area contributed by atoms with E-state index in [4.69, 9.17) is 16.7 Å². The first-order chi connectivity index (χ1) is 8.58. The van der Waals surface area contributed by atoms with Gasteiger partial charge in [-0.1, -0.05) is 17.7 Å². The fraction of sp³-hybridized carbons (Fsp3) is 0.333. The molecule has 0 unspecified atom stereocenters. The fourth-order valence-electron chi connectivity index (χ4n) is 1.57. The second-order valence-electron chi connectivity index (χ2n) is 4.25. The molecule has 1 aromatic rings. The van der Waals surface area contributed by atoms with E-state index in [1.165, 1.54) is 12.1 Å². The van der Waals surface area contributed by atoms with Crippen LogP contribution in [0.3, 0.4) is 0 Å². The standard InChI is InChI=1S/C12H13ClN2O3/c13-8-2-1-3-9(10(8)11(16)17)15-12(18)14-6-7-4-5-7/h1-3,7H,4-6H2,(H,16,17)(H2,14,15,18).